The van der Waals surface area contributed by atoms with Gasteiger partial charge in [-0.25, -0.2) is 21.6 Å². The van der Waals surface area contributed by atoms with E-state index in [-0.39, 0.29) is 23.3 Å². The van der Waals surface area contributed by atoms with Crippen molar-refractivity contribution in [3.63, 3.8) is 0 Å². The number of sulfonamides is 2. The van der Waals surface area contributed by atoms with Crippen LogP contribution in [0, 0.1) is 5.92 Å². The van der Waals surface area contributed by atoms with Crippen LogP contribution in [0.25, 0.3) is 0 Å². The van der Waals surface area contributed by atoms with Gasteiger partial charge in [-0.1, -0.05) is 25.1 Å². The fourth-order valence-electron chi connectivity index (χ4n) is 3.49. The highest BCUT2D eigenvalue weighted by molar-refractivity contribution is 7.89. The largest absolute Gasteiger partial charge is 0.352 e. The summed E-state index contributed by atoms with van der Waals surface area (Å²) in [6, 6.07) is 14.1. The van der Waals surface area contributed by atoms with E-state index in [0.29, 0.717) is 42.9 Å². The van der Waals surface area contributed by atoms with Crippen molar-refractivity contribution in [2.45, 2.75) is 29.6 Å². The summed E-state index contributed by atoms with van der Waals surface area (Å²) >= 11 is 0. The summed E-state index contributed by atoms with van der Waals surface area (Å²) < 4.78 is 53.2. The molecule has 3 rings (SSSR count). The van der Waals surface area contributed by atoms with Crippen LogP contribution in [0.2, 0.25) is 0 Å². The molecule has 0 radical (unpaired) electrons. The Kier molecular flexibility index (Phi) is 7.47. The summed E-state index contributed by atoms with van der Waals surface area (Å²) in [5.74, 6) is -0.105. The van der Waals surface area contributed by atoms with E-state index in [1.165, 1.54) is 28.6 Å². The van der Waals surface area contributed by atoms with Gasteiger partial charge in [0.2, 0.25) is 20.0 Å². The van der Waals surface area contributed by atoms with Gasteiger partial charge in [0.1, 0.15) is 0 Å². The third-order valence-electron chi connectivity index (χ3n) is 5.27. The fourth-order valence-corrected chi connectivity index (χ4v) is 6.03. The Hall–Kier alpha value is -2.27. The van der Waals surface area contributed by atoms with E-state index in [1.54, 1.807) is 37.3 Å². The molecule has 10 heteroatoms. The van der Waals surface area contributed by atoms with Gasteiger partial charge in [-0.3, -0.25) is 4.79 Å². The lowest BCUT2D eigenvalue weighted by Gasteiger charge is -2.31. The van der Waals surface area contributed by atoms with E-state index < -0.39 is 20.0 Å². The highest BCUT2D eigenvalue weighted by Crippen LogP contribution is 2.23. The highest BCUT2D eigenvalue weighted by atomic mass is 32.2. The van der Waals surface area contributed by atoms with E-state index in [1.807, 2.05) is 0 Å². The van der Waals surface area contributed by atoms with Crippen LogP contribution >= 0.6 is 0 Å². The molecule has 1 heterocycles. The van der Waals surface area contributed by atoms with Crippen molar-refractivity contribution in [1.82, 2.24) is 14.3 Å². The Balaban J connectivity index is 1.51. The van der Waals surface area contributed by atoms with Crippen molar-refractivity contribution >= 4 is 26.0 Å². The van der Waals surface area contributed by atoms with Gasteiger partial charge in [0.15, 0.2) is 0 Å². The molecule has 1 aliphatic rings. The van der Waals surface area contributed by atoms with Crippen LogP contribution in [0.4, 0.5) is 0 Å². The third kappa shape index (κ3) is 5.70. The molecule has 1 aliphatic heterocycles. The van der Waals surface area contributed by atoms with Crippen molar-refractivity contribution in [2.75, 3.05) is 26.2 Å². The van der Waals surface area contributed by atoms with Crippen LogP contribution in [-0.4, -0.2) is 53.2 Å². The zero-order valence-corrected chi connectivity index (χ0v) is 19.0. The van der Waals surface area contributed by atoms with Crippen molar-refractivity contribution in [3.8, 4) is 0 Å². The van der Waals surface area contributed by atoms with Gasteiger partial charge in [0, 0.05) is 31.7 Å². The summed E-state index contributed by atoms with van der Waals surface area (Å²) in [5.41, 5.74) is 0.375. The first-order chi connectivity index (χ1) is 14.7. The maximum absolute atomic E-state index is 12.7. The normalized spacial score (nSPS) is 16.2. The van der Waals surface area contributed by atoms with E-state index in [4.69, 9.17) is 0 Å². The number of amides is 1. The van der Waals surface area contributed by atoms with Gasteiger partial charge in [-0.15, -0.1) is 0 Å². The van der Waals surface area contributed by atoms with Crippen molar-refractivity contribution in [3.05, 3.63) is 60.2 Å². The summed E-state index contributed by atoms with van der Waals surface area (Å²) in [5, 5.41) is 2.87. The maximum Gasteiger partial charge on any atom is 0.251 e. The van der Waals surface area contributed by atoms with Crippen LogP contribution < -0.4 is 10.0 Å². The molecule has 0 atom stereocenters. The fraction of sp³-hybridized carbons (Fsp3) is 0.381. The number of hydrogen-bond donors (Lipinski definition) is 2. The van der Waals surface area contributed by atoms with Crippen molar-refractivity contribution in [2.24, 2.45) is 5.92 Å². The number of hydrogen-bond acceptors (Lipinski definition) is 5. The second-order valence-electron chi connectivity index (χ2n) is 7.40. The molecule has 2 N–H and O–H groups in total. The molecule has 1 amide bonds. The number of nitrogens with zero attached hydrogens (tertiary/aromatic N) is 1. The number of carbonyl (C=O) groups is 1. The van der Waals surface area contributed by atoms with Gasteiger partial charge in [0.25, 0.3) is 5.91 Å². The monoisotopic (exact) mass is 465 g/mol. The molecule has 0 bridgehead atoms. The summed E-state index contributed by atoms with van der Waals surface area (Å²) in [6.07, 6.45) is 1.32. The van der Waals surface area contributed by atoms with Crippen LogP contribution in [0.5, 0.6) is 0 Å². The highest BCUT2D eigenvalue weighted by Gasteiger charge is 2.29. The Bertz CT molecular complexity index is 1090. The molecule has 168 valence electrons. The molecule has 2 aromatic carbocycles. The molecule has 31 heavy (non-hydrogen) atoms. The average molecular weight is 466 g/mol. The van der Waals surface area contributed by atoms with Gasteiger partial charge >= 0.3 is 0 Å². The Morgan fingerprint density at radius 3 is 2.13 bits per heavy atom. The average Bonchev–Trinajstić information content (AvgIpc) is 2.78. The van der Waals surface area contributed by atoms with Gasteiger partial charge in [-0.2, -0.15) is 4.31 Å². The molecule has 8 nitrogen and oxygen atoms in total. The quantitative estimate of drug-likeness (QED) is 0.617. The number of piperidine rings is 1. The van der Waals surface area contributed by atoms with Gasteiger partial charge in [-0.05, 0) is 55.2 Å². The lowest BCUT2D eigenvalue weighted by molar-refractivity contribution is 0.0941. The molecule has 1 saturated heterocycles. The molecular formula is C21H27N3O5S2. The second kappa shape index (κ2) is 9.90. The number of carbonyl (C=O) groups excluding carboxylic acids is 1. The standard InChI is InChI=1S/C21H27N3O5S2/c1-2-23-30(26,27)19-10-8-18(9-11-19)21(25)22-16-17-12-14-24(15-13-17)31(28,29)20-6-4-3-5-7-20/h3-11,17,23H,2,12-16H2,1H3,(H,22,25). The first-order valence-electron chi connectivity index (χ1n) is 10.2. The minimum Gasteiger partial charge on any atom is -0.352 e. The summed E-state index contributed by atoms with van der Waals surface area (Å²) in [7, 11) is -7.04. The van der Waals surface area contributed by atoms with E-state index >= 15 is 0 Å². The third-order valence-corrected chi connectivity index (χ3v) is 8.74. The Morgan fingerprint density at radius 1 is 0.935 bits per heavy atom. The molecule has 0 aliphatic carbocycles. The van der Waals surface area contributed by atoms with E-state index in [9.17, 15) is 21.6 Å². The molecule has 0 spiro atoms. The zero-order chi connectivity index (χ0) is 22.5. The van der Waals surface area contributed by atoms with Gasteiger partial charge in [0.05, 0.1) is 9.79 Å². The maximum atomic E-state index is 12.7. The van der Waals surface area contributed by atoms with Crippen LogP contribution in [0.15, 0.2) is 64.4 Å². The second-order valence-corrected chi connectivity index (χ2v) is 11.1. The Labute approximate surface area is 183 Å². The number of nitrogens with one attached hydrogen (secondary N) is 2. The zero-order valence-electron chi connectivity index (χ0n) is 17.3. The molecule has 0 saturated carbocycles. The first kappa shape index (κ1) is 23.4. The molecule has 1 fully saturated rings. The molecule has 0 aromatic heterocycles. The summed E-state index contributed by atoms with van der Waals surface area (Å²) in [4.78, 5) is 12.8. The van der Waals surface area contributed by atoms with Crippen LogP contribution in [-0.2, 0) is 20.0 Å². The number of rotatable bonds is 8. The predicted octanol–water partition coefficient (Wildman–Crippen LogP) is 1.82. The van der Waals surface area contributed by atoms with Gasteiger partial charge < -0.3 is 5.32 Å². The van der Waals surface area contributed by atoms with Crippen LogP contribution in [0.1, 0.15) is 30.1 Å². The summed E-state index contributed by atoms with van der Waals surface area (Å²) in [6.45, 7) is 3.25. The first-order valence-corrected chi connectivity index (χ1v) is 13.1. The Morgan fingerprint density at radius 2 is 1.55 bits per heavy atom. The minimum absolute atomic E-state index is 0.109. The smallest absolute Gasteiger partial charge is 0.251 e. The van der Waals surface area contributed by atoms with Crippen LogP contribution in [0.3, 0.4) is 0 Å². The molecule has 0 unspecified atom stereocenters. The van der Waals surface area contributed by atoms with E-state index in [0.717, 1.165) is 0 Å². The topological polar surface area (TPSA) is 113 Å². The molecular weight excluding hydrogens is 438 g/mol. The van der Waals surface area contributed by atoms with Crippen molar-refractivity contribution < 1.29 is 21.6 Å². The molecule has 2 aromatic rings. The lowest BCUT2D eigenvalue weighted by atomic mass is 9.98. The lowest BCUT2D eigenvalue weighted by Crippen LogP contribution is -2.41. The van der Waals surface area contributed by atoms with E-state index in [2.05, 4.69) is 10.0 Å². The minimum atomic E-state index is -3.56. The predicted molar refractivity (Wildman–Crippen MR) is 118 cm³/mol. The number of benzene rings is 2. The SMILES string of the molecule is CCNS(=O)(=O)c1ccc(C(=O)NCC2CCN(S(=O)(=O)c3ccccc3)CC2)cc1. The van der Waals surface area contributed by atoms with Crippen molar-refractivity contribution in [1.29, 1.82) is 0 Å².